The van der Waals surface area contributed by atoms with Crippen molar-refractivity contribution in [2.45, 2.75) is 19.8 Å². The molecule has 0 aromatic heterocycles. The molecule has 1 fully saturated rings. The summed E-state index contributed by atoms with van der Waals surface area (Å²) in [5, 5.41) is 8.98. The highest BCUT2D eigenvalue weighted by atomic mass is 16.2. The molecule has 98 valence electrons. The second kappa shape index (κ2) is 6.19. The molecular formula is C16H18N2O. The lowest BCUT2D eigenvalue weighted by Crippen LogP contribution is -2.36. The zero-order chi connectivity index (χ0) is 13.7. The van der Waals surface area contributed by atoms with E-state index in [2.05, 4.69) is 13.0 Å². The van der Waals surface area contributed by atoms with Gasteiger partial charge in [-0.05, 0) is 36.5 Å². The van der Waals surface area contributed by atoms with Crippen molar-refractivity contribution in [3.63, 3.8) is 0 Å². The molecule has 0 saturated carbocycles. The van der Waals surface area contributed by atoms with Gasteiger partial charge in [0.1, 0.15) is 0 Å². The molecule has 2 rings (SSSR count). The van der Waals surface area contributed by atoms with Crippen LogP contribution < -0.4 is 0 Å². The van der Waals surface area contributed by atoms with E-state index >= 15 is 0 Å². The van der Waals surface area contributed by atoms with Gasteiger partial charge in [-0.1, -0.05) is 25.1 Å². The Morgan fingerprint density at radius 3 is 2.74 bits per heavy atom. The molecule has 1 aliphatic rings. The summed E-state index contributed by atoms with van der Waals surface area (Å²) in [5.74, 6) is 0.756. The van der Waals surface area contributed by atoms with Crippen LogP contribution in [0.5, 0.6) is 0 Å². The van der Waals surface area contributed by atoms with Crippen molar-refractivity contribution in [1.82, 2.24) is 4.90 Å². The third-order valence-electron chi connectivity index (χ3n) is 3.58. The first-order valence-electron chi connectivity index (χ1n) is 6.67. The van der Waals surface area contributed by atoms with E-state index in [1.54, 1.807) is 18.2 Å². The highest BCUT2D eigenvalue weighted by Gasteiger charge is 2.18. The van der Waals surface area contributed by atoms with Gasteiger partial charge in [0, 0.05) is 19.2 Å². The zero-order valence-electron chi connectivity index (χ0n) is 11.2. The summed E-state index contributed by atoms with van der Waals surface area (Å²) in [4.78, 5) is 13.9. The molecule has 1 amide bonds. The molecule has 0 radical (unpaired) electrons. The van der Waals surface area contributed by atoms with E-state index in [9.17, 15) is 4.79 Å². The Morgan fingerprint density at radius 2 is 2.05 bits per heavy atom. The number of amides is 1. The summed E-state index contributed by atoms with van der Waals surface area (Å²) < 4.78 is 0. The van der Waals surface area contributed by atoms with Gasteiger partial charge in [-0.15, -0.1) is 0 Å². The molecule has 19 heavy (non-hydrogen) atoms. The Morgan fingerprint density at radius 1 is 1.37 bits per heavy atom. The molecule has 1 aromatic carbocycles. The van der Waals surface area contributed by atoms with Gasteiger partial charge >= 0.3 is 0 Å². The fraction of sp³-hybridized carbons (Fsp3) is 0.375. The van der Waals surface area contributed by atoms with E-state index in [-0.39, 0.29) is 5.91 Å². The quantitative estimate of drug-likeness (QED) is 0.762. The van der Waals surface area contributed by atoms with Gasteiger partial charge < -0.3 is 4.90 Å². The lowest BCUT2D eigenvalue weighted by atomic mass is 9.99. The molecule has 0 aliphatic carbocycles. The predicted molar refractivity (Wildman–Crippen MR) is 75.2 cm³/mol. The van der Waals surface area contributed by atoms with Crippen LogP contribution in [0.25, 0.3) is 6.08 Å². The topological polar surface area (TPSA) is 44.1 Å². The number of rotatable bonds is 2. The fourth-order valence-electron chi connectivity index (χ4n) is 2.24. The Labute approximate surface area is 114 Å². The van der Waals surface area contributed by atoms with Crippen molar-refractivity contribution >= 4 is 12.0 Å². The first-order valence-corrected chi connectivity index (χ1v) is 6.67. The normalized spacial score (nSPS) is 16.5. The maximum Gasteiger partial charge on any atom is 0.246 e. The number of likely N-dealkylation sites (tertiary alicyclic amines) is 1. The number of nitriles is 1. The maximum absolute atomic E-state index is 12.0. The zero-order valence-corrected chi connectivity index (χ0v) is 11.2. The van der Waals surface area contributed by atoms with Gasteiger partial charge in [0.25, 0.3) is 0 Å². The summed E-state index contributed by atoms with van der Waals surface area (Å²) in [7, 11) is 0. The Kier molecular flexibility index (Phi) is 4.35. The van der Waals surface area contributed by atoms with Gasteiger partial charge in [0.15, 0.2) is 0 Å². The van der Waals surface area contributed by atoms with Crippen LogP contribution in [0.4, 0.5) is 0 Å². The van der Waals surface area contributed by atoms with Crippen molar-refractivity contribution < 1.29 is 4.79 Å². The second-order valence-electron chi connectivity index (χ2n) is 5.04. The number of carbonyl (C=O) groups is 1. The molecule has 1 heterocycles. The van der Waals surface area contributed by atoms with Gasteiger partial charge in [0.2, 0.25) is 5.91 Å². The Hall–Kier alpha value is -2.08. The molecule has 1 aromatic rings. The highest BCUT2D eigenvalue weighted by Crippen LogP contribution is 2.16. The monoisotopic (exact) mass is 254 g/mol. The van der Waals surface area contributed by atoms with Crippen LogP contribution in [-0.2, 0) is 4.79 Å². The second-order valence-corrected chi connectivity index (χ2v) is 5.04. The highest BCUT2D eigenvalue weighted by molar-refractivity contribution is 5.92. The van der Waals surface area contributed by atoms with E-state index in [0.29, 0.717) is 11.5 Å². The molecule has 0 atom stereocenters. The standard InChI is InChI=1S/C16H18N2O/c1-13-8-10-18(11-9-13)16(19)7-6-14-4-2-3-5-15(14)12-17/h2-7,13H,8-11H2,1H3. The minimum Gasteiger partial charge on any atom is -0.339 e. The van der Waals surface area contributed by atoms with E-state index in [0.717, 1.165) is 31.5 Å². The Balaban J connectivity index is 2.02. The van der Waals surface area contributed by atoms with E-state index in [1.165, 1.54) is 0 Å². The molecule has 3 heteroatoms. The van der Waals surface area contributed by atoms with Crippen molar-refractivity contribution in [2.75, 3.05) is 13.1 Å². The van der Waals surface area contributed by atoms with Crippen LogP contribution in [0.3, 0.4) is 0 Å². The number of piperidine rings is 1. The lowest BCUT2D eigenvalue weighted by Gasteiger charge is -2.29. The summed E-state index contributed by atoms with van der Waals surface area (Å²) in [6.45, 7) is 3.90. The number of carbonyl (C=O) groups excluding carboxylic acids is 1. The van der Waals surface area contributed by atoms with Crippen LogP contribution in [0.15, 0.2) is 30.3 Å². The van der Waals surface area contributed by atoms with Crippen LogP contribution in [0.2, 0.25) is 0 Å². The first-order chi connectivity index (χ1) is 9.20. The third kappa shape index (κ3) is 3.45. The minimum atomic E-state index is 0.0413. The smallest absolute Gasteiger partial charge is 0.246 e. The summed E-state index contributed by atoms with van der Waals surface area (Å²) in [5.41, 5.74) is 1.39. The molecule has 3 nitrogen and oxygen atoms in total. The van der Waals surface area contributed by atoms with Crippen molar-refractivity contribution in [3.05, 3.63) is 41.5 Å². The Bertz CT molecular complexity index is 520. The van der Waals surface area contributed by atoms with Crippen molar-refractivity contribution in [1.29, 1.82) is 5.26 Å². The van der Waals surface area contributed by atoms with Crippen LogP contribution >= 0.6 is 0 Å². The van der Waals surface area contributed by atoms with Crippen molar-refractivity contribution in [2.24, 2.45) is 5.92 Å². The largest absolute Gasteiger partial charge is 0.339 e. The predicted octanol–water partition coefficient (Wildman–Crippen LogP) is 2.83. The minimum absolute atomic E-state index is 0.0413. The van der Waals surface area contributed by atoms with Gasteiger partial charge in [-0.2, -0.15) is 5.26 Å². The summed E-state index contributed by atoms with van der Waals surface area (Å²) >= 11 is 0. The average Bonchev–Trinajstić information content (AvgIpc) is 2.45. The SMILES string of the molecule is CC1CCN(C(=O)C=Cc2ccccc2C#N)CC1. The van der Waals surface area contributed by atoms with E-state index in [4.69, 9.17) is 5.26 Å². The number of hydrogen-bond donors (Lipinski definition) is 0. The van der Waals surface area contributed by atoms with E-state index < -0.39 is 0 Å². The average molecular weight is 254 g/mol. The van der Waals surface area contributed by atoms with Gasteiger partial charge in [-0.3, -0.25) is 4.79 Å². The summed E-state index contributed by atoms with van der Waals surface area (Å²) in [6, 6.07) is 9.42. The molecule has 0 spiro atoms. The third-order valence-corrected chi connectivity index (χ3v) is 3.58. The number of benzene rings is 1. The first kappa shape index (κ1) is 13.4. The van der Waals surface area contributed by atoms with Crippen LogP contribution in [0.1, 0.15) is 30.9 Å². The molecule has 0 unspecified atom stereocenters. The van der Waals surface area contributed by atoms with Gasteiger partial charge in [-0.25, -0.2) is 0 Å². The van der Waals surface area contributed by atoms with Crippen LogP contribution in [0, 0.1) is 17.2 Å². The molecular weight excluding hydrogens is 236 g/mol. The molecule has 0 N–H and O–H groups in total. The lowest BCUT2D eigenvalue weighted by molar-refractivity contribution is -0.127. The number of nitrogens with zero attached hydrogens (tertiary/aromatic N) is 2. The van der Waals surface area contributed by atoms with Gasteiger partial charge in [0.05, 0.1) is 11.6 Å². The summed E-state index contributed by atoms with van der Waals surface area (Å²) in [6.07, 6.45) is 5.47. The van der Waals surface area contributed by atoms with Crippen LogP contribution in [-0.4, -0.2) is 23.9 Å². The number of hydrogen-bond acceptors (Lipinski definition) is 2. The maximum atomic E-state index is 12.0. The van der Waals surface area contributed by atoms with Crippen molar-refractivity contribution in [3.8, 4) is 6.07 Å². The molecule has 1 saturated heterocycles. The molecule has 0 bridgehead atoms. The van der Waals surface area contributed by atoms with E-state index in [1.807, 2.05) is 23.1 Å². The molecule has 1 aliphatic heterocycles. The fourth-order valence-corrected chi connectivity index (χ4v) is 2.24.